The van der Waals surface area contributed by atoms with Gasteiger partial charge >= 0.3 is 0 Å². The fraction of sp³-hybridized carbons (Fsp3) is 0.135. The van der Waals surface area contributed by atoms with Crippen molar-refractivity contribution in [1.82, 2.24) is 5.32 Å². The zero-order valence-electron chi connectivity index (χ0n) is 23.4. The highest BCUT2D eigenvalue weighted by Gasteiger charge is 2.21. The number of benzene rings is 5. The second-order valence-electron chi connectivity index (χ2n) is 10.9. The van der Waals surface area contributed by atoms with Crippen LogP contribution < -0.4 is 14.8 Å². The lowest BCUT2D eigenvalue weighted by atomic mass is 9.93. The van der Waals surface area contributed by atoms with Gasteiger partial charge < -0.3 is 14.8 Å². The first-order valence-corrected chi connectivity index (χ1v) is 14.4. The monoisotopic (exact) mass is 549 g/mol. The highest BCUT2D eigenvalue weighted by atomic mass is 16.6. The molecule has 1 N–H and O–H groups in total. The SMILES string of the molecule is CC(Cc1ccc(C2N=C(c3ccccc3)NC(c3ccccc3)=N2)cc1)Cc1ccc2c(c1)Oc1ccccc1O2. The number of hydrogen-bond acceptors (Lipinski definition) is 5. The predicted molar refractivity (Wildman–Crippen MR) is 168 cm³/mol. The lowest BCUT2D eigenvalue weighted by Gasteiger charge is -2.22. The molecule has 2 heterocycles. The standard InChI is InChI=1S/C37H31N3O2/c1-25(23-27-18-21-33-34(24-27)42-32-15-9-8-14-31(32)41-33)22-26-16-19-30(20-17-26)37-39-35(28-10-4-2-5-11-28)38-36(40-37)29-12-6-3-7-13-29/h2-21,24-25,37H,22-23H2,1H3,(H,38,39,40). The minimum absolute atomic E-state index is 0.314. The van der Waals surface area contributed by atoms with Crippen molar-refractivity contribution >= 4 is 11.7 Å². The van der Waals surface area contributed by atoms with E-state index in [0.717, 1.165) is 64.2 Å². The zero-order valence-corrected chi connectivity index (χ0v) is 23.4. The van der Waals surface area contributed by atoms with Gasteiger partial charge in [0.2, 0.25) is 0 Å². The molecule has 0 bridgehead atoms. The molecule has 0 aliphatic carbocycles. The van der Waals surface area contributed by atoms with Crippen LogP contribution in [-0.2, 0) is 12.8 Å². The molecular weight excluding hydrogens is 518 g/mol. The van der Waals surface area contributed by atoms with Gasteiger partial charge in [0, 0.05) is 11.1 Å². The molecule has 5 aromatic carbocycles. The second kappa shape index (κ2) is 11.4. The molecule has 0 fully saturated rings. The summed E-state index contributed by atoms with van der Waals surface area (Å²) in [6.45, 7) is 2.29. The molecule has 0 spiro atoms. The van der Waals surface area contributed by atoms with Gasteiger partial charge in [0.15, 0.2) is 29.2 Å². The van der Waals surface area contributed by atoms with Gasteiger partial charge in [-0.3, -0.25) is 0 Å². The van der Waals surface area contributed by atoms with Crippen molar-refractivity contribution in [3.05, 3.63) is 155 Å². The summed E-state index contributed by atoms with van der Waals surface area (Å²) in [7, 11) is 0. The van der Waals surface area contributed by atoms with Crippen LogP contribution >= 0.6 is 0 Å². The third kappa shape index (κ3) is 5.54. The molecule has 2 aliphatic heterocycles. The maximum atomic E-state index is 6.11. The van der Waals surface area contributed by atoms with Crippen LogP contribution in [0.3, 0.4) is 0 Å². The topological polar surface area (TPSA) is 55.2 Å². The van der Waals surface area contributed by atoms with E-state index < -0.39 is 0 Å². The Hall–Kier alpha value is -5.16. The third-order valence-electron chi connectivity index (χ3n) is 7.58. The number of para-hydroxylation sites is 2. The van der Waals surface area contributed by atoms with Gasteiger partial charge in [0.25, 0.3) is 0 Å². The van der Waals surface area contributed by atoms with E-state index in [1.807, 2.05) is 66.7 Å². The van der Waals surface area contributed by atoms with Gasteiger partial charge in [-0.15, -0.1) is 0 Å². The predicted octanol–water partition coefficient (Wildman–Crippen LogP) is 8.50. The Kier molecular flexibility index (Phi) is 6.98. The highest BCUT2D eigenvalue weighted by Crippen LogP contribution is 2.45. The van der Waals surface area contributed by atoms with E-state index in [-0.39, 0.29) is 6.17 Å². The van der Waals surface area contributed by atoms with Crippen molar-refractivity contribution in [2.75, 3.05) is 0 Å². The van der Waals surface area contributed by atoms with Crippen molar-refractivity contribution < 1.29 is 9.47 Å². The Bertz CT molecular complexity index is 1710. The number of aliphatic imine (C=N–C) groups is 2. The molecule has 0 saturated carbocycles. The van der Waals surface area contributed by atoms with E-state index in [4.69, 9.17) is 19.5 Å². The number of ether oxygens (including phenoxy) is 2. The van der Waals surface area contributed by atoms with Crippen LogP contribution in [-0.4, -0.2) is 11.7 Å². The minimum atomic E-state index is -0.314. The van der Waals surface area contributed by atoms with Crippen molar-refractivity contribution in [3.8, 4) is 23.0 Å². The molecule has 0 radical (unpaired) electrons. The molecule has 0 saturated heterocycles. The van der Waals surface area contributed by atoms with Crippen LogP contribution in [0.4, 0.5) is 0 Å². The molecule has 206 valence electrons. The number of nitrogens with one attached hydrogen (secondary N) is 1. The largest absolute Gasteiger partial charge is 0.450 e. The molecule has 5 heteroatoms. The lowest BCUT2D eigenvalue weighted by Crippen LogP contribution is -2.35. The number of nitrogens with zero attached hydrogens (tertiary/aromatic N) is 2. The summed E-state index contributed by atoms with van der Waals surface area (Å²) in [4.78, 5) is 9.98. The number of hydrogen-bond donors (Lipinski definition) is 1. The van der Waals surface area contributed by atoms with E-state index in [9.17, 15) is 0 Å². The zero-order chi connectivity index (χ0) is 28.3. The number of rotatable bonds is 7. The molecule has 2 aliphatic rings. The summed E-state index contributed by atoms with van der Waals surface area (Å²) < 4.78 is 12.1. The van der Waals surface area contributed by atoms with Crippen LogP contribution in [0, 0.1) is 5.92 Å². The summed E-state index contributed by atoms with van der Waals surface area (Å²) in [6, 6.07) is 43.2. The molecule has 7 rings (SSSR count). The number of fused-ring (bicyclic) bond motifs is 2. The van der Waals surface area contributed by atoms with Gasteiger partial charge in [-0.1, -0.05) is 110 Å². The van der Waals surface area contributed by atoms with Gasteiger partial charge in [-0.25, -0.2) is 9.98 Å². The second-order valence-corrected chi connectivity index (χ2v) is 10.9. The first kappa shape index (κ1) is 25.8. The van der Waals surface area contributed by atoms with Crippen molar-refractivity contribution in [1.29, 1.82) is 0 Å². The van der Waals surface area contributed by atoms with E-state index in [1.54, 1.807) is 0 Å². The smallest absolute Gasteiger partial charge is 0.170 e. The van der Waals surface area contributed by atoms with Crippen LogP contribution in [0.2, 0.25) is 0 Å². The first-order chi connectivity index (χ1) is 20.7. The Labute approximate surface area is 246 Å². The summed E-state index contributed by atoms with van der Waals surface area (Å²) in [5.41, 5.74) is 5.69. The summed E-state index contributed by atoms with van der Waals surface area (Å²) in [5, 5.41) is 3.45. The van der Waals surface area contributed by atoms with Gasteiger partial charge in [0.05, 0.1) is 0 Å². The van der Waals surface area contributed by atoms with E-state index >= 15 is 0 Å². The van der Waals surface area contributed by atoms with Gasteiger partial charge in [-0.2, -0.15) is 0 Å². The van der Waals surface area contributed by atoms with Crippen LogP contribution in [0.1, 0.15) is 40.9 Å². The van der Waals surface area contributed by atoms with Crippen molar-refractivity contribution in [3.63, 3.8) is 0 Å². The quantitative estimate of drug-likeness (QED) is 0.217. The molecule has 5 nitrogen and oxygen atoms in total. The van der Waals surface area contributed by atoms with Crippen LogP contribution in [0.5, 0.6) is 23.0 Å². The Morgan fingerprint density at radius 3 is 1.69 bits per heavy atom. The maximum absolute atomic E-state index is 6.11. The average molecular weight is 550 g/mol. The van der Waals surface area contributed by atoms with E-state index in [0.29, 0.717) is 5.92 Å². The highest BCUT2D eigenvalue weighted by molar-refractivity contribution is 6.15. The van der Waals surface area contributed by atoms with E-state index in [1.165, 1.54) is 11.1 Å². The number of amidine groups is 2. The normalized spacial score (nSPS) is 14.7. The van der Waals surface area contributed by atoms with Crippen LogP contribution in [0.15, 0.2) is 137 Å². The fourth-order valence-corrected chi connectivity index (χ4v) is 5.49. The molecule has 42 heavy (non-hydrogen) atoms. The third-order valence-corrected chi connectivity index (χ3v) is 7.58. The minimum Gasteiger partial charge on any atom is -0.450 e. The first-order valence-electron chi connectivity index (χ1n) is 14.4. The molecule has 0 amide bonds. The maximum Gasteiger partial charge on any atom is 0.170 e. The van der Waals surface area contributed by atoms with Gasteiger partial charge in [0.1, 0.15) is 11.7 Å². The fourth-order valence-electron chi connectivity index (χ4n) is 5.49. The molecule has 5 aromatic rings. The summed E-state index contributed by atoms with van der Waals surface area (Å²) in [5.74, 6) is 5.15. The molecule has 0 aromatic heterocycles. The molecular formula is C37H31N3O2. The Balaban J connectivity index is 1.06. The summed E-state index contributed by atoms with van der Waals surface area (Å²) >= 11 is 0. The van der Waals surface area contributed by atoms with Gasteiger partial charge in [-0.05, 0) is 59.7 Å². The van der Waals surface area contributed by atoms with E-state index in [2.05, 4.69) is 72.9 Å². The van der Waals surface area contributed by atoms with Crippen molar-refractivity contribution in [2.45, 2.75) is 25.9 Å². The average Bonchev–Trinajstić information content (AvgIpc) is 3.04. The van der Waals surface area contributed by atoms with Crippen LogP contribution in [0.25, 0.3) is 0 Å². The Morgan fingerprint density at radius 1 is 0.571 bits per heavy atom. The van der Waals surface area contributed by atoms with Crippen molar-refractivity contribution in [2.24, 2.45) is 15.9 Å². The Morgan fingerprint density at radius 2 is 1.07 bits per heavy atom. The molecule has 1 atom stereocenters. The lowest BCUT2D eigenvalue weighted by molar-refractivity contribution is 0.359. The summed E-state index contributed by atoms with van der Waals surface area (Å²) in [6.07, 6.45) is 1.61. The molecule has 1 unspecified atom stereocenters.